The predicted octanol–water partition coefficient (Wildman–Crippen LogP) is 2.44. The first kappa shape index (κ1) is 10.5. The van der Waals surface area contributed by atoms with Crippen molar-refractivity contribution in [1.82, 2.24) is 0 Å². The molecule has 0 aromatic carbocycles. The molecule has 2 nitrogen and oxygen atoms in total. The zero-order valence-electron chi connectivity index (χ0n) is 8.89. The third kappa shape index (κ3) is 1.35. The Labute approximate surface area is 81.0 Å². The standard InChI is InChI=1S/C10H18O2Si/c1-6-8-7-10(8,9(11)12-2)13(3,4)5/h6,8H,1,7H2,2-5H3. The van der Waals surface area contributed by atoms with E-state index in [-0.39, 0.29) is 11.0 Å². The average molecular weight is 198 g/mol. The Hall–Kier alpha value is -0.573. The number of allylic oxidation sites excluding steroid dienone is 1. The number of esters is 1. The molecule has 1 fully saturated rings. The molecule has 0 heterocycles. The Morgan fingerprint density at radius 3 is 2.38 bits per heavy atom. The third-order valence-electron chi connectivity index (χ3n) is 3.19. The van der Waals surface area contributed by atoms with Crippen LogP contribution >= 0.6 is 0 Å². The molecular weight excluding hydrogens is 180 g/mol. The van der Waals surface area contributed by atoms with Gasteiger partial charge in [0.25, 0.3) is 0 Å². The summed E-state index contributed by atoms with van der Waals surface area (Å²) in [6.45, 7) is 10.4. The lowest BCUT2D eigenvalue weighted by Crippen LogP contribution is -2.37. The zero-order valence-corrected chi connectivity index (χ0v) is 9.89. The van der Waals surface area contributed by atoms with Crippen LogP contribution in [0.3, 0.4) is 0 Å². The summed E-state index contributed by atoms with van der Waals surface area (Å²) in [5.41, 5.74) is 0. The van der Waals surface area contributed by atoms with Gasteiger partial charge in [-0.1, -0.05) is 25.7 Å². The van der Waals surface area contributed by atoms with Gasteiger partial charge in [0.1, 0.15) is 0 Å². The summed E-state index contributed by atoms with van der Waals surface area (Å²) in [4.78, 5) is 11.7. The van der Waals surface area contributed by atoms with Gasteiger partial charge < -0.3 is 4.74 Å². The summed E-state index contributed by atoms with van der Waals surface area (Å²) in [5.74, 6) is 0.322. The van der Waals surface area contributed by atoms with Crippen LogP contribution in [0.15, 0.2) is 12.7 Å². The van der Waals surface area contributed by atoms with E-state index in [0.717, 1.165) is 6.42 Å². The van der Waals surface area contributed by atoms with Crippen LogP contribution in [0.5, 0.6) is 0 Å². The molecule has 0 aliphatic heterocycles. The number of carbonyl (C=O) groups excluding carboxylic acids is 1. The van der Waals surface area contributed by atoms with Gasteiger partial charge in [-0.25, -0.2) is 0 Å². The summed E-state index contributed by atoms with van der Waals surface area (Å²) >= 11 is 0. The first-order valence-corrected chi connectivity index (χ1v) is 8.11. The van der Waals surface area contributed by atoms with E-state index in [0.29, 0.717) is 5.92 Å². The summed E-state index contributed by atoms with van der Waals surface area (Å²) in [6.07, 6.45) is 2.84. The monoisotopic (exact) mass is 198 g/mol. The second-order valence-corrected chi connectivity index (χ2v) is 10.2. The quantitative estimate of drug-likeness (QED) is 0.395. The number of carbonyl (C=O) groups is 1. The van der Waals surface area contributed by atoms with E-state index in [1.54, 1.807) is 0 Å². The summed E-state index contributed by atoms with van der Waals surface area (Å²) in [7, 11) is -0.0127. The van der Waals surface area contributed by atoms with E-state index in [1.807, 2.05) is 6.08 Å². The molecule has 74 valence electrons. The molecule has 0 N–H and O–H groups in total. The van der Waals surface area contributed by atoms with Crippen molar-refractivity contribution in [2.75, 3.05) is 7.11 Å². The molecule has 2 unspecified atom stereocenters. The van der Waals surface area contributed by atoms with Gasteiger partial charge >= 0.3 is 5.97 Å². The maximum absolute atomic E-state index is 11.7. The number of methoxy groups -OCH3 is 1. The molecule has 1 aliphatic carbocycles. The van der Waals surface area contributed by atoms with Crippen LogP contribution < -0.4 is 0 Å². The molecule has 0 spiro atoms. The molecule has 0 amide bonds. The fourth-order valence-corrected chi connectivity index (χ4v) is 4.93. The minimum atomic E-state index is -1.49. The Morgan fingerprint density at radius 1 is 1.62 bits per heavy atom. The summed E-state index contributed by atoms with van der Waals surface area (Å²) in [6, 6.07) is 0. The Balaban J connectivity index is 2.93. The van der Waals surface area contributed by atoms with Crippen LogP contribution in [0.25, 0.3) is 0 Å². The van der Waals surface area contributed by atoms with Crippen molar-refractivity contribution in [3.63, 3.8) is 0 Å². The van der Waals surface area contributed by atoms with Gasteiger partial charge in [-0.15, -0.1) is 6.58 Å². The Bertz CT molecular complexity index is 242. The highest BCUT2D eigenvalue weighted by Gasteiger charge is 2.66. The lowest BCUT2D eigenvalue weighted by Gasteiger charge is -2.27. The summed E-state index contributed by atoms with van der Waals surface area (Å²) < 4.78 is 4.88. The Morgan fingerprint density at radius 2 is 2.15 bits per heavy atom. The van der Waals surface area contributed by atoms with Gasteiger partial charge in [0.2, 0.25) is 0 Å². The van der Waals surface area contributed by atoms with Gasteiger partial charge in [-0.3, -0.25) is 4.79 Å². The number of ether oxygens (including phenoxy) is 1. The van der Waals surface area contributed by atoms with Crippen molar-refractivity contribution in [3.8, 4) is 0 Å². The minimum Gasteiger partial charge on any atom is -0.469 e. The van der Waals surface area contributed by atoms with Crippen LogP contribution in [0, 0.1) is 5.92 Å². The molecule has 2 atom stereocenters. The molecule has 0 saturated heterocycles. The van der Waals surface area contributed by atoms with Crippen LogP contribution in [-0.4, -0.2) is 21.2 Å². The van der Waals surface area contributed by atoms with E-state index < -0.39 is 8.07 Å². The fourth-order valence-electron chi connectivity index (χ4n) is 2.16. The van der Waals surface area contributed by atoms with E-state index in [2.05, 4.69) is 26.2 Å². The highest BCUT2D eigenvalue weighted by Crippen LogP contribution is 2.66. The van der Waals surface area contributed by atoms with E-state index in [4.69, 9.17) is 4.74 Å². The van der Waals surface area contributed by atoms with Gasteiger partial charge in [0.15, 0.2) is 0 Å². The molecule has 0 radical (unpaired) electrons. The summed E-state index contributed by atoms with van der Waals surface area (Å²) in [5, 5.41) is -0.177. The van der Waals surface area contributed by atoms with E-state index in [1.165, 1.54) is 7.11 Å². The molecule has 0 bridgehead atoms. The fraction of sp³-hybridized carbons (Fsp3) is 0.700. The molecule has 1 rings (SSSR count). The van der Waals surface area contributed by atoms with Crippen molar-refractivity contribution in [3.05, 3.63) is 12.7 Å². The SMILES string of the molecule is C=CC1CC1(C(=O)OC)[Si](C)(C)C. The van der Waals surface area contributed by atoms with Gasteiger partial charge in [0.05, 0.1) is 20.2 Å². The zero-order chi connectivity index (χ0) is 10.3. The molecule has 3 heteroatoms. The Kier molecular flexibility index (Phi) is 2.41. The van der Waals surface area contributed by atoms with Crippen molar-refractivity contribution < 1.29 is 9.53 Å². The maximum atomic E-state index is 11.7. The lowest BCUT2D eigenvalue weighted by molar-refractivity contribution is -0.141. The topological polar surface area (TPSA) is 26.3 Å². The predicted molar refractivity (Wildman–Crippen MR) is 56.4 cm³/mol. The normalized spacial score (nSPS) is 32.5. The highest BCUT2D eigenvalue weighted by molar-refractivity contribution is 6.83. The van der Waals surface area contributed by atoms with Crippen LogP contribution in [-0.2, 0) is 9.53 Å². The molecule has 1 saturated carbocycles. The number of hydrogen-bond acceptors (Lipinski definition) is 2. The van der Waals surface area contributed by atoms with Crippen molar-refractivity contribution in [2.45, 2.75) is 31.1 Å². The van der Waals surface area contributed by atoms with E-state index >= 15 is 0 Å². The van der Waals surface area contributed by atoms with Gasteiger partial charge in [-0.2, -0.15) is 0 Å². The first-order chi connectivity index (χ1) is 5.90. The van der Waals surface area contributed by atoms with Crippen LogP contribution in [0.4, 0.5) is 0 Å². The van der Waals surface area contributed by atoms with Gasteiger partial charge in [-0.05, 0) is 12.3 Å². The van der Waals surface area contributed by atoms with Crippen LogP contribution in [0.2, 0.25) is 24.7 Å². The average Bonchev–Trinajstić information content (AvgIpc) is 2.77. The smallest absolute Gasteiger partial charge is 0.309 e. The largest absolute Gasteiger partial charge is 0.469 e. The molecule has 13 heavy (non-hydrogen) atoms. The second kappa shape index (κ2) is 2.98. The van der Waals surface area contributed by atoms with Crippen molar-refractivity contribution >= 4 is 14.0 Å². The minimum absolute atomic E-state index is 0.0310. The van der Waals surface area contributed by atoms with Gasteiger partial charge in [0, 0.05) is 0 Å². The second-order valence-electron chi connectivity index (χ2n) is 4.76. The molecule has 0 aromatic rings. The van der Waals surface area contributed by atoms with Crippen molar-refractivity contribution in [2.24, 2.45) is 5.92 Å². The van der Waals surface area contributed by atoms with E-state index in [9.17, 15) is 4.79 Å². The van der Waals surface area contributed by atoms with Crippen LogP contribution in [0.1, 0.15) is 6.42 Å². The molecule has 1 aliphatic rings. The number of hydrogen-bond donors (Lipinski definition) is 0. The third-order valence-corrected chi connectivity index (χ3v) is 6.64. The molecular formula is C10H18O2Si. The maximum Gasteiger partial charge on any atom is 0.309 e. The highest BCUT2D eigenvalue weighted by atomic mass is 28.3. The van der Waals surface area contributed by atoms with Crippen molar-refractivity contribution in [1.29, 1.82) is 0 Å². The number of rotatable bonds is 3. The first-order valence-electron chi connectivity index (χ1n) is 4.61. The molecule has 0 aromatic heterocycles. The lowest BCUT2D eigenvalue weighted by atomic mass is 10.3.